The summed E-state index contributed by atoms with van der Waals surface area (Å²) >= 11 is 0. The zero-order valence-electron chi connectivity index (χ0n) is 11.4. The molecular formula is C17H16N2O. The van der Waals surface area contributed by atoms with E-state index >= 15 is 0 Å². The molecule has 3 rings (SSSR count). The number of methoxy groups -OCH3 is 1. The average Bonchev–Trinajstić information content (AvgIpc) is 3.01. The van der Waals surface area contributed by atoms with Crippen LogP contribution in [-0.2, 0) is 6.54 Å². The Morgan fingerprint density at radius 1 is 1.00 bits per heavy atom. The van der Waals surface area contributed by atoms with Gasteiger partial charge in [0.1, 0.15) is 5.75 Å². The topological polar surface area (TPSA) is 27.1 Å². The second-order valence-electron chi connectivity index (χ2n) is 4.64. The lowest BCUT2D eigenvalue weighted by Gasteiger charge is -2.06. The van der Waals surface area contributed by atoms with Crippen molar-refractivity contribution in [2.75, 3.05) is 7.11 Å². The van der Waals surface area contributed by atoms with E-state index in [1.54, 1.807) is 7.11 Å². The first-order valence-electron chi connectivity index (χ1n) is 6.55. The summed E-state index contributed by atoms with van der Waals surface area (Å²) in [7, 11) is 1.67. The van der Waals surface area contributed by atoms with Crippen LogP contribution in [-0.4, -0.2) is 16.7 Å². The van der Waals surface area contributed by atoms with Crippen LogP contribution in [0.4, 0.5) is 0 Å². The van der Waals surface area contributed by atoms with Crippen molar-refractivity contribution in [2.45, 2.75) is 6.54 Å². The molecule has 0 fully saturated rings. The van der Waals surface area contributed by atoms with Gasteiger partial charge in [0.05, 0.1) is 12.8 Å². The average molecular weight is 264 g/mol. The molecule has 0 radical (unpaired) electrons. The van der Waals surface area contributed by atoms with Gasteiger partial charge in [0.25, 0.3) is 0 Å². The normalized spacial score (nSPS) is 10.4. The van der Waals surface area contributed by atoms with Gasteiger partial charge in [-0.1, -0.05) is 6.07 Å². The van der Waals surface area contributed by atoms with Gasteiger partial charge in [-0.3, -0.25) is 4.98 Å². The number of nitrogens with zero attached hydrogens (tertiary/aromatic N) is 2. The minimum Gasteiger partial charge on any atom is -0.497 e. The van der Waals surface area contributed by atoms with Crippen molar-refractivity contribution in [2.24, 2.45) is 0 Å². The second kappa shape index (κ2) is 5.61. The third-order valence-electron chi connectivity index (χ3n) is 3.24. The monoisotopic (exact) mass is 264 g/mol. The Bertz CT molecular complexity index is 655. The summed E-state index contributed by atoms with van der Waals surface area (Å²) in [5, 5.41) is 0. The van der Waals surface area contributed by atoms with Gasteiger partial charge >= 0.3 is 0 Å². The first-order valence-corrected chi connectivity index (χ1v) is 6.55. The van der Waals surface area contributed by atoms with E-state index in [-0.39, 0.29) is 0 Å². The van der Waals surface area contributed by atoms with Crippen molar-refractivity contribution >= 4 is 0 Å². The number of pyridine rings is 1. The van der Waals surface area contributed by atoms with Crippen LogP contribution in [0.2, 0.25) is 0 Å². The molecule has 0 unspecified atom stereocenters. The lowest BCUT2D eigenvalue weighted by Crippen LogP contribution is -1.97. The molecular weight excluding hydrogens is 248 g/mol. The zero-order chi connectivity index (χ0) is 13.8. The van der Waals surface area contributed by atoms with Crippen LogP contribution in [0.25, 0.3) is 11.3 Å². The Morgan fingerprint density at radius 3 is 2.35 bits per heavy atom. The van der Waals surface area contributed by atoms with Crippen LogP contribution < -0.4 is 4.74 Å². The Labute approximate surface area is 118 Å². The fraction of sp³-hybridized carbons (Fsp3) is 0.118. The minimum absolute atomic E-state index is 0.850. The van der Waals surface area contributed by atoms with Crippen LogP contribution in [0.15, 0.2) is 67.1 Å². The first kappa shape index (κ1) is 12.5. The van der Waals surface area contributed by atoms with Crippen LogP contribution >= 0.6 is 0 Å². The number of benzene rings is 1. The molecule has 0 saturated carbocycles. The quantitative estimate of drug-likeness (QED) is 0.720. The molecule has 3 aromatic rings. The largest absolute Gasteiger partial charge is 0.497 e. The molecule has 0 spiro atoms. The minimum atomic E-state index is 0.850. The Hall–Kier alpha value is -2.55. The van der Waals surface area contributed by atoms with E-state index in [0.29, 0.717) is 0 Å². The Morgan fingerprint density at radius 2 is 1.75 bits per heavy atom. The molecule has 3 heteroatoms. The van der Waals surface area contributed by atoms with E-state index in [4.69, 9.17) is 4.74 Å². The summed E-state index contributed by atoms with van der Waals surface area (Å²) < 4.78 is 7.29. The molecule has 0 aliphatic rings. The zero-order valence-corrected chi connectivity index (χ0v) is 11.4. The summed E-state index contributed by atoms with van der Waals surface area (Å²) in [6, 6.07) is 16.2. The first-order chi connectivity index (χ1) is 9.85. The maximum atomic E-state index is 5.16. The lowest BCUT2D eigenvalue weighted by atomic mass is 10.1. The highest BCUT2D eigenvalue weighted by Gasteiger charge is 2.01. The summed E-state index contributed by atoms with van der Waals surface area (Å²) in [5.74, 6) is 0.859. The molecule has 0 atom stereocenters. The highest BCUT2D eigenvalue weighted by molar-refractivity contribution is 5.60. The maximum Gasteiger partial charge on any atom is 0.118 e. The van der Waals surface area contributed by atoms with Gasteiger partial charge in [-0.2, -0.15) is 0 Å². The molecule has 2 aromatic heterocycles. The van der Waals surface area contributed by atoms with Crippen LogP contribution in [0.1, 0.15) is 5.56 Å². The summed E-state index contributed by atoms with van der Waals surface area (Å²) in [5.41, 5.74) is 3.26. The van der Waals surface area contributed by atoms with Crippen molar-refractivity contribution in [3.63, 3.8) is 0 Å². The molecule has 0 aliphatic carbocycles. The molecule has 0 aliphatic heterocycles. The third-order valence-corrected chi connectivity index (χ3v) is 3.24. The lowest BCUT2D eigenvalue weighted by molar-refractivity contribution is 0.415. The summed E-state index contributed by atoms with van der Waals surface area (Å²) in [4.78, 5) is 4.53. The Balaban J connectivity index is 1.78. The molecule has 20 heavy (non-hydrogen) atoms. The SMILES string of the molecule is COc1ccc(-c2ccc(Cn3cccc3)cn2)cc1. The predicted octanol–water partition coefficient (Wildman–Crippen LogP) is 3.61. The number of ether oxygens (including phenoxy) is 1. The number of hydrogen-bond acceptors (Lipinski definition) is 2. The van der Waals surface area contributed by atoms with E-state index < -0.39 is 0 Å². The molecule has 3 nitrogen and oxygen atoms in total. The molecule has 0 amide bonds. The van der Waals surface area contributed by atoms with Crippen LogP contribution in [0.3, 0.4) is 0 Å². The van der Waals surface area contributed by atoms with Gasteiger partial charge in [0.15, 0.2) is 0 Å². The van der Waals surface area contributed by atoms with Crippen molar-refractivity contribution in [3.05, 3.63) is 72.7 Å². The van der Waals surface area contributed by atoms with Crippen molar-refractivity contribution < 1.29 is 4.74 Å². The number of aromatic nitrogens is 2. The maximum absolute atomic E-state index is 5.16. The van der Waals surface area contributed by atoms with Gasteiger partial charge in [-0.05, 0) is 48.0 Å². The number of hydrogen-bond donors (Lipinski definition) is 0. The van der Waals surface area contributed by atoms with Crippen molar-refractivity contribution in [3.8, 4) is 17.0 Å². The highest BCUT2D eigenvalue weighted by atomic mass is 16.5. The molecule has 1 aromatic carbocycles. The van der Waals surface area contributed by atoms with E-state index in [2.05, 4.69) is 34.1 Å². The molecule has 0 N–H and O–H groups in total. The van der Waals surface area contributed by atoms with Gasteiger partial charge < -0.3 is 9.30 Å². The van der Waals surface area contributed by atoms with E-state index in [1.807, 2.05) is 42.6 Å². The standard InChI is InChI=1S/C17H16N2O/c1-20-16-7-5-15(6-8-16)17-9-4-14(12-18-17)13-19-10-2-3-11-19/h2-12H,13H2,1H3. The second-order valence-corrected chi connectivity index (χ2v) is 4.64. The van der Waals surface area contributed by atoms with Gasteiger partial charge in [0.2, 0.25) is 0 Å². The fourth-order valence-electron chi connectivity index (χ4n) is 2.14. The van der Waals surface area contributed by atoms with Crippen LogP contribution in [0, 0.1) is 0 Å². The molecule has 0 bridgehead atoms. The van der Waals surface area contributed by atoms with Gasteiger partial charge in [0, 0.05) is 30.7 Å². The number of rotatable bonds is 4. The van der Waals surface area contributed by atoms with Gasteiger partial charge in [-0.15, -0.1) is 0 Å². The summed E-state index contributed by atoms with van der Waals surface area (Å²) in [6.07, 6.45) is 6.04. The van der Waals surface area contributed by atoms with Crippen LogP contribution in [0.5, 0.6) is 5.75 Å². The van der Waals surface area contributed by atoms with Crippen molar-refractivity contribution in [1.29, 1.82) is 0 Å². The fourth-order valence-corrected chi connectivity index (χ4v) is 2.14. The third kappa shape index (κ3) is 2.72. The smallest absolute Gasteiger partial charge is 0.118 e. The predicted molar refractivity (Wildman–Crippen MR) is 79.8 cm³/mol. The van der Waals surface area contributed by atoms with E-state index in [9.17, 15) is 0 Å². The van der Waals surface area contributed by atoms with E-state index in [0.717, 1.165) is 23.6 Å². The van der Waals surface area contributed by atoms with Crippen molar-refractivity contribution in [1.82, 2.24) is 9.55 Å². The van der Waals surface area contributed by atoms with E-state index in [1.165, 1.54) is 5.56 Å². The molecule has 0 saturated heterocycles. The summed E-state index contributed by atoms with van der Waals surface area (Å²) in [6.45, 7) is 0.850. The highest BCUT2D eigenvalue weighted by Crippen LogP contribution is 2.20. The molecule has 100 valence electrons. The van der Waals surface area contributed by atoms with Gasteiger partial charge in [-0.25, -0.2) is 0 Å². The Kier molecular flexibility index (Phi) is 3.50. The molecule has 2 heterocycles.